The lowest BCUT2D eigenvalue weighted by Crippen LogP contribution is -2.48. The molecule has 4 aromatic rings. The van der Waals surface area contributed by atoms with Crippen LogP contribution in [0, 0.1) is 0 Å². The van der Waals surface area contributed by atoms with Crippen molar-refractivity contribution in [1.29, 1.82) is 0 Å². The second-order valence-electron chi connectivity index (χ2n) is 7.24. The molecule has 0 bridgehead atoms. The number of benzene rings is 1. The quantitative estimate of drug-likeness (QED) is 0.492. The summed E-state index contributed by atoms with van der Waals surface area (Å²) in [7, 11) is 0. The van der Waals surface area contributed by atoms with Crippen LogP contribution in [-0.4, -0.2) is 47.5 Å². The van der Waals surface area contributed by atoms with Crippen LogP contribution in [0.5, 0.6) is 0 Å². The van der Waals surface area contributed by atoms with Crippen molar-refractivity contribution in [2.75, 3.05) is 5.32 Å². The van der Waals surface area contributed by atoms with Crippen molar-refractivity contribution < 1.29 is 22.0 Å². The van der Waals surface area contributed by atoms with E-state index in [1.54, 1.807) is 12.1 Å². The van der Waals surface area contributed by atoms with Crippen molar-refractivity contribution in [3.63, 3.8) is 0 Å². The number of aromatic nitrogens is 6. The molecule has 30 heavy (non-hydrogen) atoms. The molecule has 2 atom stereocenters. The average Bonchev–Trinajstić information content (AvgIpc) is 3.30. The number of hydrogen-bond acceptors (Lipinski definition) is 5. The van der Waals surface area contributed by atoms with Crippen molar-refractivity contribution >= 4 is 22.4 Å². The molecule has 5 rings (SSSR count). The number of hydrogen-bond donors (Lipinski definition) is 1. The van der Waals surface area contributed by atoms with E-state index in [4.69, 9.17) is 0 Å². The summed E-state index contributed by atoms with van der Waals surface area (Å²) >= 11 is 0. The zero-order valence-corrected chi connectivity index (χ0v) is 15.4. The normalized spacial score (nSPS) is 19.8. The van der Waals surface area contributed by atoms with Gasteiger partial charge in [0.2, 0.25) is 5.82 Å². The van der Waals surface area contributed by atoms with E-state index in [0.717, 1.165) is 5.39 Å². The summed E-state index contributed by atoms with van der Waals surface area (Å²) in [5.41, 5.74) is 1.25. The first-order valence-electron chi connectivity index (χ1n) is 9.06. The molecule has 0 aliphatic carbocycles. The third-order valence-electron chi connectivity index (χ3n) is 5.11. The van der Waals surface area contributed by atoms with Gasteiger partial charge in [-0.25, -0.2) is 19.2 Å². The van der Waals surface area contributed by atoms with Gasteiger partial charge in [0.25, 0.3) is 0 Å². The summed E-state index contributed by atoms with van der Waals surface area (Å²) in [5, 5.41) is 11.9. The molecule has 3 aromatic heterocycles. The lowest BCUT2D eigenvalue weighted by Gasteiger charge is -2.35. The fraction of sp³-hybridized carbons (Fsp3) is 0.333. The first-order chi connectivity index (χ1) is 14.1. The SMILES string of the molecule is C[C@H]1C[C@H](C(F)(F)C(F)(F)F)n2nc(-c3nc4c5ccccc5ncn4n3)cc2N1. The third-order valence-corrected chi connectivity index (χ3v) is 5.11. The maximum absolute atomic E-state index is 14.2. The molecule has 156 valence electrons. The van der Waals surface area contributed by atoms with E-state index >= 15 is 0 Å². The molecule has 0 amide bonds. The van der Waals surface area contributed by atoms with E-state index in [2.05, 4.69) is 25.5 Å². The fourth-order valence-corrected chi connectivity index (χ4v) is 3.67. The Balaban J connectivity index is 1.63. The molecule has 0 fully saturated rings. The minimum absolute atomic E-state index is 0.0551. The second kappa shape index (κ2) is 6.09. The molecule has 7 nitrogen and oxygen atoms in total. The Bertz CT molecular complexity index is 1260. The van der Waals surface area contributed by atoms with Crippen molar-refractivity contribution in [3.05, 3.63) is 36.7 Å². The Labute approximate surface area is 165 Å². The van der Waals surface area contributed by atoms with Gasteiger partial charge in [0.1, 0.15) is 23.9 Å². The van der Waals surface area contributed by atoms with Gasteiger partial charge in [0.15, 0.2) is 5.65 Å². The van der Waals surface area contributed by atoms with E-state index in [-0.39, 0.29) is 17.3 Å². The van der Waals surface area contributed by atoms with Crippen molar-refractivity contribution in [2.45, 2.75) is 37.5 Å². The number of alkyl halides is 5. The molecular formula is C18H14F5N7. The van der Waals surface area contributed by atoms with E-state index in [1.165, 1.54) is 23.8 Å². The standard InChI is InChI=1S/C18H14F5N7/c1-9-6-13(17(19,20)18(21,22)23)30-14(25-9)7-12(27-30)15-26-16-10-4-2-3-5-11(10)24-8-29(16)28-15/h2-5,7-9,13,25H,6H2,1H3/t9-,13+/m0/s1. The average molecular weight is 423 g/mol. The lowest BCUT2D eigenvalue weighted by atomic mass is 9.99. The van der Waals surface area contributed by atoms with Gasteiger partial charge >= 0.3 is 12.1 Å². The Morgan fingerprint density at radius 3 is 2.63 bits per heavy atom. The largest absolute Gasteiger partial charge is 0.455 e. The molecule has 1 aromatic carbocycles. The van der Waals surface area contributed by atoms with Crippen molar-refractivity contribution in [1.82, 2.24) is 29.4 Å². The van der Waals surface area contributed by atoms with Crippen molar-refractivity contribution in [2.24, 2.45) is 0 Å². The number of nitrogens with one attached hydrogen (secondary N) is 1. The summed E-state index contributed by atoms with van der Waals surface area (Å²) in [6.45, 7) is 1.54. The Hall–Kier alpha value is -3.31. The Kier molecular flexibility index (Phi) is 3.80. The van der Waals surface area contributed by atoms with E-state index in [1.807, 2.05) is 12.1 Å². The van der Waals surface area contributed by atoms with Gasteiger partial charge in [-0.1, -0.05) is 12.1 Å². The van der Waals surface area contributed by atoms with Crippen LogP contribution in [0.25, 0.3) is 28.1 Å². The second-order valence-corrected chi connectivity index (χ2v) is 7.24. The van der Waals surface area contributed by atoms with Gasteiger partial charge in [-0.15, -0.1) is 5.10 Å². The molecule has 4 heterocycles. The highest BCUT2D eigenvalue weighted by Gasteiger charge is 2.64. The predicted molar refractivity (Wildman–Crippen MR) is 97.2 cm³/mol. The summed E-state index contributed by atoms with van der Waals surface area (Å²) < 4.78 is 69.5. The predicted octanol–water partition coefficient (Wildman–Crippen LogP) is 4.08. The Morgan fingerprint density at radius 1 is 1.10 bits per heavy atom. The maximum atomic E-state index is 14.2. The first kappa shape index (κ1) is 18.7. The smallest absolute Gasteiger partial charge is 0.368 e. The molecule has 0 spiro atoms. The minimum atomic E-state index is -5.69. The molecule has 0 saturated carbocycles. The van der Waals surface area contributed by atoms with Crippen LogP contribution in [0.2, 0.25) is 0 Å². The number of para-hydroxylation sites is 1. The van der Waals surface area contributed by atoms with Gasteiger partial charge in [0, 0.05) is 17.5 Å². The van der Waals surface area contributed by atoms with Crippen LogP contribution in [0.4, 0.5) is 27.8 Å². The molecule has 1 aliphatic heterocycles. The summed E-state index contributed by atoms with van der Waals surface area (Å²) in [6.07, 6.45) is -4.68. The number of fused-ring (bicyclic) bond motifs is 4. The van der Waals surface area contributed by atoms with Crippen LogP contribution in [0.3, 0.4) is 0 Å². The highest BCUT2D eigenvalue weighted by atomic mass is 19.4. The van der Waals surface area contributed by atoms with Crippen LogP contribution < -0.4 is 5.32 Å². The van der Waals surface area contributed by atoms with E-state index in [0.29, 0.717) is 15.8 Å². The van der Waals surface area contributed by atoms with E-state index < -0.39 is 30.6 Å². The minimum Gasteiger partial charge on any atom is -0.368 e. The number of anilines is 1. The van der Waals surface area contributed by atoms with Gasteiger partial charge in [-0.3, -0.25) is 0 Å². The monoisotopic (exact) mass is 423 g/mol. The van der Waals surface area contributed by atoms with Gasteiger partial charge in [0.05, 0.1) is 5.52 Å². The van der Waals surface area contributed by atoms with E-state index in [9.17, 15) is 22.0 Å². The fourth-order valence-electron chi connectivity index (χ4n) is 3.67. The van der Waals surface area contributed by atoms with Gasteiger partial charge in [-0.05, 0) is 25.5 Å². The molecule has 0 unspecified atom stereocenters. The number of nitrogens with zero attached hydrogens (tertiary/aromatic N) is 6. The summed E-state index contributed by atoms with van der Waals surface area (Å²) in [6, 6.07) is 5.84. The third kappa shape index (κ3) is 2.70. The molecule has 1 N–H and O–H groups in total. The van der Waals surface area contributed by atoms with Crippen LogP contribution in [0.1, 0.15) is 19.4 Å². The van der Waals surface area contributed by atoms with Crippen LogP contribution >= 0.6 is 0 Å². The molecule has 0 saturated heterocycles. The lowest BCUT2D eigenvalue weighted by molar-refractivity contribution is -0.301. The number of halogens is 5. The van der Waals surface area contributed by atoms with Gasteiger partial charge in [-0.2, -0.15) is 27.1 Å². The molecule has 0 radical (unpaired) electrons. The van der Waals surface area contributed by atoms with Crippen molar-refractivity contribution in [3.8, 4) is 11.5 Å². The highest BCUT2D eigenvalue weighted by Crippen LogP contribution is 2.48. The van der Waals surface area contributed by atoms with Crippen LogP contribution in [0.15, 0.2) is 36.7 Å². The number of rotatable bonds is 2. The zero-order valence-electron chi connectivity index (χ0n) is 15.4. The summed E-state index contributed by atoms with van der Waals surface area (Å²) in [4.78, 5) is 8.67. The Morgan fingerprint density at radius 2 is 1.87 bits per heavy atom. The topological polar surface area (TPSA) is 72.9 Å². The first-order valence-corrected chi connectivity index (χ1v) is 9.06. The summed E-state index contributed by atoms with van der Waals surface area (Å²) in [5.74, 6) is -4.79. The molecular weight excluding hydrogens is 409 g/mol. The maximum Gasteiger partial charge on any atom is 0.455 e. The van der Waals surface area contributed by atoms with Gasteiger partial charge < -0.3 is 5.32 Å². The molecule has 12 heteroatoms. The van der Waals surface area contributed by atoms with Crippen LogP contribution in [-0.2, 0) is 0 Å². The zero-order chi connectivity index (χ0) is 21.3. The molecule has 1 aliphatic rings. The highest BCUT2D eigenvalue weighted by molar-refractivity contribution is 5.91.